The van der Waals surface area contributed by atoms with Crippen molar-refractivity contribution in [3.8, 4) is 78.4 Å². The van der Waals surface area contributed by atoms with Gasteiger partial charge in [0.2, 0.25) is 0 Å². The van der Waals surface area contributed by atoms with E-state index < -0.39 is 0 Å². The molecule has 2 heterocycles. The zero-order valence-corrected chi connectivity index (χ0v) is 33.1. The van der Waals surface area contributed by atoms with E-state index in [1.807, 2.05) is 17.4 Å². The van der Waals surface area contributed by atoms with Gasteiger partial charge in [0.15, 0.2) is 5.82 Å². The first-order chi connectivity index (χ1) is 28.5. The molecule has 0 unspecified atom stereocenters. The van der Waals surface area contributed by atoms with Crippen LogP contribution in [-0.2, 0) is 5.41 Å². The third-order valence-electron chi connectivity index (χ3n) is 11.9. The Morgan fingerprint density at radius 1 is 0.345 bits per heavy atom. The zero-order chi connectivity index (χ0) is 38.8. The smallest absolute Gasteiger partial charge is 0.160 e. The topological polar surface area (TPSA) is 25.8 Å². The summed E-state index contributed by atoms with van der Waals surface area (Å²) in [7, 11) is 0. The van der Waals surface area contributed by atoms with E-state index in [0.717, 1.165) is 39.2 Å². The van der Waals surface area contributed by atoms with Crippen molar-refractivity contribution in [3.05, 3.63) is 205 Å². The quantitative estimate of drug-likeness (QED) is 0.169. The van der Waals surface area contributed by atoms with Gasteiger partial charge in [-0.3, -0.25) is 0 Å². The minimum absolute atomic E-state index is 0.121. The normalized spacial score (nSPS) is 12.8. The van der Waals surface area contributed by atoms with E-state index in [1.54, 1.807) is 0 Å². The molecule has 0 atom stereocenters. The average molecular weight is 759 g/mol. The van der Waals surface area contributed by atoms with Gasteiger partial charge in [0.1, 0.15) is 0 Å². The van der Waals surface area contributed by atoms with E-state index >= 15 is 0 Å². The second kappa shape index (κ2) is 13.6. The Morgan fingerprint density at radius 3 is 1.71 bits per heavy atom. The van der Waals surface area contributed by atoms with Gasteiger partial charge >= 0.3 is 0 Å². The summed E-state index contributed by atoms with van der Waals surface area (Å²) in [5.74, 6) is 0.707. The summed E-state index contributed by atoms with van der Waals surface area (Å²) < 4.78 is 2.60. The van der Waals surface area contributed by atoms with Gasteiger partial charge in [-0.1, -0.05) is 159 Å². The van der Waals surface area contributed by atoms with Crippen molar-refractivity contribution in [1.82, 2.24) is 9.97 Å². The molecular formula is C55H38N2S. The van der Waals surface area contributed by atoms with Crippen LogP contribution < -0.4 is 0 Å². The molecule has 2 aromatic heterocycles. The van der Waals surface area contributed by atoms with Crippen LogP contribution in [0.3, 0.4) is 0 Å². The minimum Gasteiger partial charge on any atom is -0.228 e. The second-order valence-electron chi connectivity index (χ2n) is 15.8. The monoisotopic (exact) mass is 758 g/mol. The van der Waals surface area contributed by atoms with Crippen molar-refractivity contribution < 1.29 is 0 Å². The van der Waals surface area contributed by atoms with E-state index in [0.29, 0.717) is 5.82 Å². The Bertz CT molecular complexity index is 3190. The van der Waals surface area contributed by atoms with E-state index in [9.17, 15) is 0 Å². The fraction of sp³-hybridized carbons (Fsp3) is 0.0545. The van der Waals surface area contributed by atoms with Crippen LogP contribution >= 0.6 is 11.3 Å². The Kier molecular flexibility index (Phi) is 8.06. The van der Waals surface area contributed by atoms with Crippen LogP contribution in [0.2, 0.25) is 0 Å². The maximum absolute atomic E-state index is 5.36. The van der Waals surface area contributed by atoms with Gasteiger partial charge in [-0.25, -0.2) is 9.97 Å². The summed E-state index contributed by atoms with van der Waals surface area (Å²) in [6, 6.07) is 70.3. The summed E-state index contributed by atoms with van der Waals surface area (Å²) in [5.41, 5.74) is 17.1. The first kappa shape index (κ1) is 34.3. The molecule has 8 aromatic carbocycles. The highest BCUT2D eigenvalue weighted by atomic mass is 32.1. The molecule has 2 nitrogen and oxygen atoms in total. The van der Waals surface area contributed by atoms with Gasteiger partial charge in [-0.15, -0.1) is 11.3 Å². The van der Waals surface area contributed by atoms with Crippen LogP contribution in [0.4, 0.5) is 0 Å². The van der Waals surface area contributed by atoms with E-state index in [2.05, 4.69) is 202 Å². The van der Waals surface area contributed by atoms with Crippen LogP contribution in [-0.4, -0.2) is 9.97 Å². The number of hydrogen-bond donors (Lipinski definition) is 0. The van der Waals surface area contributed by atoms with Gasteiger partial charge in [0.25, 0.3) is 0 Å². The molecule has 58 heavy (non-hydrogen) atoms. The van der Waals surface area contributed by atoms with Crippen molar-refractivity contribution in [1.29, 1.82) is 0 Å². The number of fused-ring (bicyclic) bond motifs is 6. The highest BCUT2D eigenvalue weighted by Gasteiger charge is 2.35. The third kappa shape index (κ3) is 5.78. The van der Waals surface area contributed by atoms with Gasteiger partial charge < -0.3 is 0 Å². The lowest BCUT2D eigenvalue weighted by atomic mass is 9.82. The zero-order valence-electron chi connectivity index (χ0n) is 32.3. The number of thiophene rings is 1. The van der Waals surface area contributed by atoms with Crippen LogP contribution in [0.15, 0.2) is 194 Å². The van der Waals surface area contributed by atoms with Crippen molar-refractivity contribution >= 4 is 31.5 Å². The molecule has 0 fully saturated rings. The molecule has 0 aliphatic heterocycles. The summed E-state index contributed by atoms with van der Waals surface area (Å²) in [6.45, 7) is 4.66. The molecule has 0 saturated heterocycles. The van der Waals surface area contributed by atoms with E-state index in [-0.39, 0.29) is 5.41 Å². The van der Waals surface area contributed by atoms with Crippen LogP contribution in [0.1, 0.15) is 25.0 Å². The highest BCUT2D eigenvalue weighted by Crippen LogP contribution is 2.50. The standard InChI is InChI=1S/C55H38N2S/c1-55(2)48-23-13-11-21-44(48)45-27-25-38(33-49(45)55)50-34-51(57-54(56-50)36-17-7-4-8-18-36)41-30-39(37-26-28-53-47(32-37)46-22-12-14-24-52(46)58-53)29-40(31-41)43-20-10-9-19-42(43)35-15-5-3-6-16-35/h3-34H,1-2H3. The molecule has 0 N–H and O–H groups in total. The molecule has 1 aliphatic rings. The molecule has 274 valence electrons. The highest BCUT2D eigenvalue weighted by molar-refractivity contribution is 7.25. The average Bonchev–Trinajstić information content (AvgIpc) is 3.77. The Balaban J connectivity index is 1.14. The molecule has 11 rings (SSSR count). The lowest BCUT2D eigenvalue weighted by molar-refractivity contribution is 0.660. The summed E-state index contributed by atoms with van der Waals surface area (Å²) in [4.78, 5) is 10.6. The largest absolute Gasteiger partial charge is 0.228 e. The van der Waals surface area contributed by atoms with Gasteiger partial charge in [-0.2, -0.15) is 0 Å². The SMILES string of the molecule is CC1(C)c2ccccc2-c2ccc(-c3cc(-c4cc(-c5ccc6sc7ccccc7c6c5)cc(-c5ccccc5-c5ccccc5)c4)nc(-c4ccccc4)n3)cc21. The van der Waals surface area contributed by atoms with Crippen LogP contribution in [0.5, 0.6) is 0 Å². The lowest BCUT2D eigenvalue weighted by Crippen LogP contribution is -2.14. The molecule has 3 heteroatoms. The molecule has 0 saturated carbocycles. The molecule has 1 aliphatic carbocycles. The van der Waals surface area contributed by atoms with Crippen LogP contribution in [0, 0.1) is 0 Å². The third-order valence-corrected chi connectivity index (χ3v) is 13.1. The summed E-state index contributed by atoms with van der Waals surface area (Å²) >= 11 is 1.85. The van der Waals surface area contributed by atoms with Crippen LogP contribution in [0.25, 0.3) is 98.6 Å². The Hall–Kier alpha value is -6.94. The predicted molar refractivity (Wildman–Crippen MR) is 245 cm³/mol. The van der Waals surface area contributed by atoms with Crippen molar-refractivity contribution in [2.75, 3.05) is 0 Å². The molecule has 0 bridgehead atoms. The lowest BCUT2D eigenvalue weighted by Gasteiger charge is -2.22. The number of aromatic nitrogens is 2. The Morgan fingerprint density at radius 2 is 0.914 bits per heavy atom. The predicted octanol–water partition coefficient (Wildman–Crippen LogP) is 15.2. The second-order valence-corrected chi connectivity index (χ2v) is 16.9. The number of benzene rings is 8. The fourth-order valence-corrected chi connectivity index (χ4v) is 10.0. The van der Waals surface area contributed by atoms with E-state index in [1.165, 1.54) is 64.7 Å². The summed E-state index contributed by atoms with van der Waals surface area (Å²) in [5, 5.41) is 2.58. The maximum atomic E-state index is 5.36. The van der Waals surface area contributed by atoms with Gasteiger partial charge in [-0.05, 0) is 104 Å². The number of rotatable bonds is 6. The number of hydrogen-bond acceptors (Lipinski definition) is 3. The van der Waals surface area contributed by atoms with Gasteiger partial charge in [0.05, 0.1) is 11.4 Å². The molecular weight excluding hydrogens is 721 g/mol. The Labute approximate surface area is 342 Å². The van der Waals surface area contributed by atoms with Crippen molar-refractivity contribution in [2.24, 2.45) is 0 Å². The molecule has 0 spiro atoms. The molecule has 10 aromatic rings. The maximum Gasteiger partial charge on any atom is 0.160 e. The van der Waals surface area contributed by atoms with E-state index in [4.69, 9.17) is 9.97 Å². The van der Waals surface area contributed by atoms with Crippen molar-refractivity contribution in [3.63, 3.8) is 0 Å². The molecule has 0 amide bonds. The minimum atomic E-state index is -0.121. The number of nitrogens with zero attached hydrogens (tertiary/aromatic N) is 2. The first-order valence-corrected chi connectivity index (χ1v) is 20.7. The molecule has 0 radical (unpaired) electrons. The summed E-state index contributed by atoms with van der Waals surface area (Å²) in [6.07, 6.45) is 0. The first-order valence-electron chi connectivity index (χ1n) is 19.9. The fourth-order valence-electron chi connectivity index (χ4n) is 8.93. The van der Waals surface area contributed by atoms with Crippen molar-refractivity contribution in [2.45, 2.75) is 19.3 Å². The van der Waals surface area contributed by atoms with Gasteiger partial charge in [0, 0.05) is 42.3 Å².